The van der Waals surface area contributed by atoms with Gasteiger partial charge in [-0.25, -0.2) is 4.39 Å². The molecule has 1 unspecified atom stereocenters. The third-order valence-corrected chi connectivity index (χ3v) is 4.23. The zero-order valence-electron chi connectivity index (χ0n) is 12.4. The lowest BCUT2D eigenvalue weighted by atomic mass is 9.99. The molecule has 21 heavy (non-hydrogen) atoms. The maximum atomic E-state index is 12.8. The zero-order chi connectivity index (χ0) is 15.1. The van der Waals surface area contributed by atoms with Gasteiger partial charge in [-0.2, -0.15) is 0 Å². The van der Waals surface area contributed by atoms with Gasteiger partial charge in [-0.1, -0.05) is 25.0 Å². The van der Waals surface area contributed by atoms with E-state index in [1.165, 1.54) is 25.0 Å². The molecular formula is C17H24FNO2. The van der Waals surface area contributed by atoms with Gasteiger partial charge in [-0.3, -0.25) is 4.79 Å². The van der Waals surface area contributed by atoms with E-state index in [4.69, 9.17) is 0 Å². The summed E-state index contributed by atoms with van der Waals surface area (Å²) in [6.45, 7) is 0.487. The number of nitrogens with one attached hydrogen (secondary N) is 1. The number of hydrogen-bond donors (Lipinski definition) is 2. The lowest BCUT2D eigenvalue weighted by molar-refractivity contribution is -0.122. The largest absolute Gasteiger partial charge is 0.396 e. The van der Waals surface area contributed by atoms with E-state index in [-0.39, 0.29) is 24.2 Å². The molecule has 4 heteroatoms. The summed E-state index contributed by atoms with van der Waals surface area (Å²) < 4.78 is 12.8. The van der Waals surface area contributed by atoms with Gasteiger partial charge in [0, 0.05) is 25.5 Å². The van der Waals surface area contributed by atoms with Gasteiger partial charge in [0.15, 0.2) is 0 Å². The number of hydrogen-bond acceptors (Lipinski definition) is 2. The van der Waals surface area contributed by atoms with Crippen LogP contribution in [-0.2, 0) is 11.2 Å². The Labute approximate surface area is 125 Å². The molecule has 0 aliphatic heterocycles. The van der Waals surface area contributed by atoms with Crippen molar-refractivity contribution in [2.45, 2.75) is 38.5 Å². The van der Waals surface area contributed by atoms with Crippen LogP contribution in [0.3, 0.4) is 0 Å². The average Bonchev–Trinajstić information content (AvgIpc) is 2.98. The highest BCUT2D eigenvalue weighted by molar-refractivity contribution is 5.76. The van der Waals surface area contributed by atoms with Gasteiger partial charge in [0.2, 0.25) is 5.91 Å². The molecule has 1 amide bonds. The van der Waals surface area contributed by atoms with Crippen LogP contribution < -0.4 is 5.32 Å². The highest BCUT2D eigenvalue weighted by Gasteiger charge is 2.19. The molecule has 116 valence electrons. The van der Waals surface area contributed by atoms with Crippen LogP contribution in [-0.4, -0.2) is 24.2 Å². The summed E-state index contributed by atoms with van der Waals surface area (Å²) in [6, 6.07) is 6.28. The third-order valence-electron chi connectivity index (χ3n) is 4.23. The molecule has 0 aromatic heterocycles. The van der Waals surface area contributed by atoms with Gasteiger partial charge in [0.25, 0.3) is 0 Å². The van der Waals surface area contributed by atoms with E-state index >= 15 is 0 Å². The van der Waals surface area contributed by atoms with Crippen LogP contribution in [0, 0.1) is 17.7 Å². The Morgan fingerprint density at radius 3 is 2.57 bits per heavy atom. The van der Waals surface area contributed by atoms with Crippen LogP contribution in [0.4, 0.5) is 4.39 Å². The molecule has 2 N–H and O–H groups in total. The first-order chi connectivity index (χ1) is 10.2. The van der Waals surface area contributed by atoms with Crippen LogP contribution in [0.5, 0.6) is 0 Å². The van der Waals surface area contributed by atoms with Crippen LogP contribution in [0.15, 0.2) is 24.3 Å². The topological polar surface area (TPSA) is 49.3 Å². The van der Waals surface area contributed by atoms with Crippen LogP contribution in [0.1, 0.15) is 37.7 Å². The van der Waals surface area contributed by atoms with Gasteiger partial charge in [-0.15, -0.1) is 0 Å². The number of benzene rings is 1. The molecule has 1 atom stereocenters. The maximum Gasteiger partial charge on any atom is 0.220 e. The maximum absolute atomic E-state index is 12.8. The fourth-order valence-electron chi connectivity index (χ4n) is 2.96. The van der Waals surface area contributed by atoms with E-state index in [0.717, 1.165) is 18.4 Å². The van der Waals surface area contributed by atoms with Crippen molar-refractivity contribution in [3.05, 3.63) is 35.6 Å². The molecule has 0 spiro atoms. The van der Waals surface area contributed by atoms with Crippen LogP contribution >= 0.6 is 0 Å². The van der Waals surface area contributed by atoms with Gasteiger partial charge >= 0.3 is 0 Å². The number of halogens is 1. The highest BCUT2D eigenvalue weighted by atomic mass is 19.1. The highest BCUT2D eigenvalue weighted by Crippen LogP contribution is 2.27. The first kappa shape index (κ1) is 16.0. The van der Waals surface area contributed by atoms with Crippen molar-refractivity contribution in [2.75, 3.05) is 13.2 Å². The minimum atomic E-state index is -0.260. The Balaban J connectivity index is 1.73. The summed E-state index contributed by atoms with van der Waals surface area (Å²) in [5.74, 6) is 0.335. The van der Waals surface area contributed by atoms with Gasteiger partial charge < -0.3 is 10.4 Å². The van der Waals surface area contributed by atoms with E-state index in [9.17, 15) is 14.3 Å². The molecule has 1 aromatic rings. The third kappa shape index (κ3) is 5.46. The Hall–Kier alpha value is -1.42. The van der Waals surface area contributed by atoms with Gasteiger partial charge in [0.05, 0.1) is 0 Å². The number of amides is 1. The summed E-state index contributed by atoms with van der Waals surface area (Å²) in [5, 5.41) is 12.3. The number of carbonyl (C=O) groups excluding carboxylic acids is 1. The molecule has 1 aromatic carbocycles. The quantitative estimate of drug-likeness (QED) is 0.812. The van der Waals surface area contributed by atoms with Crippen LogP contribution in [0.2, 0.25) is 0 Å². The minimum Gasteiger partial charge on any atom is -0.396 e. The minimum absolute atomic E-state index is 0.0150. The number of rotatable bonds is 7. The van der Waals surface area contributed by atoms with Crippen molar-refractivity contribution in [2.24, 2.45) is 11.8 Å². The Bertz CT molecular complexity index is 441. The molecular weight excluding hydrogens is 269 g/mol. The Morgan fingerprint density at radius 1 is 1.29 bits per heavy atom. The van der Waals surface area contributed by atoms with E-state index in [0.29, 0.717) is 25.3 Å². The lowest BCUT2D eigenvalue weighted by Crippen LogP contribution is -2.32. The second-order valence-electron chi connectivity index (χ2n) is 6.04. The second kappa shape index (κ2) is 8.13. The van der Waals surface area contributed by atoms with Gasteiger partial charge in [-0.05, 0) is 42.9 Å². The monoisotopic (exact) mass is 293 g/mol. The summed E-state index contributed by atoms with van der Waals surface area (Å²) in [6.07, 6.45) is 6.04. The molecule has 1 aliphatic rings. The number of aliphatic hydroxyl groups excluding tert-OH is 1. The molecule has 0 saturated heterocycles. The second-order valence-corrected chi connectivity index (χ2v) is 6.04. The van der Waals surface area contributed by atoms with E-state index < -0.39 is 0 Å². The summed E-state index contributed by atoms with van der Waals surface area (Å²) in [4.78, 5) is 11.9. The molecule has 0 bridgehead atoms. The zero-order valence-corrected chi connectivity index (χ0v) is 12.4. The molecule has 1 aliphatic carbocycles. The first-order valence-corrected chi connectivity index (χ1v) is 7.79. The smallest absolute Gasteiger partial charge is 0.220 e. The molecule has 1 saturated carbocycles. The molecule has 1 fully saturated rings. The fourth-order valence-corrected chi connectivity index (χ4v) is 2.96. The first-order valence-electron chi connectivity index (χ1n) is 7.79. The normalized spacial score (nSPS) is 16.9. The molecule has 0 radical (unpaired) electrons. The van der Waals surface area contributed by atoms with Crippen molar-refractivity contribution in [3.8, 4) is 0 Å². The lowest BCUT2D eigenvalue weighted by Gasteiger charge is -2.16. The molecule has 2 rings (SSSR count). The van der Waals surface area contributed by atoms with Crippen molar-refractivity contribution < 1.29 is 14.3 Å². The van der Waals surface area contributed by atoms with Crippen LogP contribution in [0.25, 0.3) is 0 Å². The standard InChI is InChI=1S/C17H24FNO2/c18-16-7-5-14(6-8-16)9-15(12-20)11-19-17(21)10-13-3-1-2-4-13/h5-8,13,15,20H,1-4,9-12H2,(H,19,21). The van der Waals surface area contributed by atoms with Crippen molar-refractivity contribution in [1.29, 1.82) is 0 Å². The fraction of sp³-hybridized carbons (Fsp3) is 0.588. The molecule has 0 heterocycles. The van der Waals surface area contributed by atoms with Crippen molar-refractivity contribution in [1.82, 2.24) is 5.32 Å². The van der Waals surface area contributed by atoms with Crippen molar-refractivity contribution in [3.63, 3.8) is 0 Å². The van der Waals surface area contributed by atoms with E-state index in [2.05, 4.69) is 5.32 Å². The van der Waals surface area contributed by atoms with E-state index in [1.54, 1.807) is 12.1 Å². The Kier molecular flexibility index (Phi) is 6.18. The SMILES string of the molecule is O=C(CC1CCCC1)NCC(CO)Cc1ccc(F)cc1. The summed E-state index contributed by atoms with van der Waals surface area (Å²) in [5.41, 5.74) is 0.973. The van der Waals surface area contributed by atoms with Crippen molar-refractivity contribution >= 4 is 5.91 Å². The molecule has 3 nitrogen and oxygen atoms in total. The predicted octanol–water partition coefficient (Wildman–Crippen LogP) is 2.67. The summed E-state index contributed by atoms with van der Waals surface area (Å²) in [7, 11) is 0. The van der Waals surface area contributed by atoms with Gasteiger partial charge in [0.1, 0.15) is 5.82 Å². The average molecular weight is 293 g/mol. The predicted molar refractivity (Wildman–Crippen MR) is 80.3 cm³/mol. The number of carbonyl (C=O) groups is 1. The van der Waals surface area contributed by atoms with E-state index in [1.807, 2.05) is 0 Å². The summed E-state index contributed by atoms with van der Waals surface area (Å²) >= 11 is 0. The Morgan fingerprint density at radius 2 is 1.95 bits per heavy atom. The number of aliphatic hydroxyl groups is 1.